The van der Waals surface area contributed by atoms with Gasteiger partial charge in [-0.25, -0.2) is 22.5 Å². The van der Waals surface area contributed by atoms with Crippen molar-refractivity contribution in [1.82, 2.24) is 9.71 Å². The van der Waals surface area contributed by atoms with Crippen molar-refractivity contribution in [2.24, 2.45) is 0 Å². The molecule has 0 amide bonds. The molecular weight excluding hydrogens is 281 g/mol. The number of rotatable bonds is 4. The van der Waals surface area contributed by atoms with E-state index in [0.717, 1.165) is 44.6 Å². The minimum absolute atomic E-state index is 0.0114. The maximum absolute atomic E-state index is 12.8. The molecule has 1 saturated heterocycles. The van der Waals surface area contributed by atoms with Crippen molar-refractivity contribution in [2.45, 2.75) is 37.0 Å². The van der Waals surface area contributed by atoms with Gasteiger partial charge in [-0.3, -0.25) is 0 Å². The predicted octanol–water partition coefficient (Wildman–Crippen LogP) is 1.27. The van der Waals surface area contributed by atoms with Gasteiger partial charge in [-0.1, -0.05) is 0 Å². The van der Waals surface area contributed by atoms with E-state index < -0.39 is 10.0 Å². The summed E-state index contributed by atoms with van der Waals surface area (Å²) in [4.78, 5) is 6.11. The van der Waals surface area contributed by atoms with Crippen LogP contribution in [0.3, 0.4) is 0 Å². The Bertz CT molecular complexity index is 564. The molecule has 20 heavy (non-hydrogen) atoms. The summed E-state index contributed by atoms with van der Waals surface area (Å²) in [6.07, 6.45) is 4.29. The summed E-state index contributed by atoms with van der Waals surface area (Å²) in [5.74, 6) is 0.399. The number of aromatic nitrogens is 1. The fraction of sp³-hybridized carbons (Fsp3) is 0.615. The zero-order chi connectivity index (χ0) is 14.2. The van der Waals surface area contributed by atoms with Gasteiger partial charge >= 0.3 is 0 Å². The van der Waals surface area contributed by atoms with Gasteiger partial charge < -0.3 is 4.90 Å². The van der Waals surface area contributed by atoms with E-state index in [2.05, 4.69) is 14.6 Å². The molecule has 7 heteroatoms. The van der Waals surface area contributed by atoms with Crippen LogP contribution in [0.15, 0.2) is 18.3 Å². The molecular formula is C13H18FN3O2S. The normalized spacial score (nSPS) is 21.1. The van der Waals surface area contributed by atoms with Gasteiger partial charge in [-0.05, 0) is 37.8 Å². The summed E-state index contributed by atoms with van der Waals surface area (Å²) in [7, 11) is -3.11. The highest BCUT2D eigenvalue weighted by atomic mass is 32.2. The molecule has 0 unspecified atom stereocenters. The average molecular weight is 299 g/mol. The van der Waals surface area contributed by atoms with Gasteiger partial charge in [-0.15, -0.1) is 0 Å². The Morgan fingerprint density at radius 3 is 2.45 bits per heavy atom. The van der Waals surface area contributed by atoms with E-state index in [1.807, 2.05) is 0 Å². The molecule has 110 valence electrons. The lowest BCUT2D eigenvalue weighted by molar-refractivity contribution is 0.457. The second-order valence-corrected chi connectivity index (χ2v) is 7.45. The highest BCUT2D eigenvalue weighted by molar-refractivity contribution is 7.90. The summed E-state index contributed by atoms with van der Waals surface area (Å²) in [6.45, 7) is 1.47. The van der Waals surface area contributed by atoms with Crippen molar-refractivity contribution >= 4 is 15.8 Å². The number of pyridine rings is 1. The molecule has 3 rings (SSSR count). The third-order valence-electron chi connectivity index (χ3n) is 3.82. The molecule has 2 aliphatic rings. The number of hydrogen-bond acceptors (Lipinski definition) is 4. The van der Waals surface area contributed by atoms with Gasteiger partial charge in [0, 0.05) is 19.1 Å². The molecule has 0 aromatic carbocycles. The maximum atomic E-state index is 12.8. The first-order chi connectivity index (χ1) is 9.54. The first kappa shape index (κ1) is 13.8. The van der Waals surface area contributed by atoms with E-state index in [9.17, 15) is 12.8 Å². The van der Waals surface area contributed by atoms with Crippen molar-refractivity contribution in [3.8, 4) is 0 Å². The van der Waals surface area contributed by atoms with Crippen molar-refractivity contribution in [1.29, 1.82) is 0 Å². The Labute approximate surface area is 118 Å². The number of nitrogens with one attached hydrogen (secondary N) is 1. The molecule has 0 bridgehead atoms. The van der Waals surface area contributed by atoms with Crippen LogP contribution in [0.1, 0.15) is 25.7 Å². The third kappa shape index (κ3) is 3.09. The molecule has 2 fully saturated rings. The number of halogens is 1. The zero-order valence-corrected chi connectivity index (χ0v) is 11.9. The molecule has 0 radical (unpaired) electrons. The molecule has 1 N–H and O–H groups in total. The van der Waals surface area contributed by atoms with Crippen LogP contribution in [0.5, 0.6) is 0 Å². The molecule has 1 saturated carbocycles. The van der Waals surface area contributed by atoms with Crippen molar-refractivity contribution in [2.75, 3.05) is 18.0 Å². The van der Waals surface area contributed by atoms with Crippen LogP contribution in [0.4, 0.5) is 10.2 Å². The van der Waals surface area contributed by atoms with Gasteiger partial charge in [0.15, 0.2) is 0 Å². The molecule has 1 aliphatic heterocycles. The molecule has 1 aromatic rings. The monoisotopic (exact) mass is 299 g/mol. The first-order valence-electron chi connectivity index (χ1n) is 6.92. The molecule has 2 heterocycles. The highest BCUT2D eigenvalue weighted by Crippen LogP contribution is 2.28. The number of sulfonamides is 1. The second-order valence-electron chi connectivity index (χ2n) is 5.46. The largest absolute Gasteiger partial charge is 0.357 e. The van der Waals surface area contributed by atoms with E-state index in [-0.39, 0.29) is 17.1 Å². The molecule has 0 spiro atoms. The number of anilines is 1. The summed E-state index contributed by atoms with van der Waals surface area (Å²) in [5, 5.41) is -0.167. The van der Waals surface area contributed by atoms with Gasteiger partial charge in [0.05, 0.1) is 11.4 Å². The fourth-order valence-electron chi connectivity index (χ4n) is 2.49. The number of piperidine rings is 1. The van der Waals surface area contributed by atoms with E-state index in [4.69, 9.17) is 0 Å². The van der Waals surface area contributed by atoms with Crippen LogP contribution in [0.25, 0.3) is 0 Å². The summed E-state index contributed by atoms with van der Waals surface area (Å²) >= 11 is 0. The quantitative estimate of drug-likeness (QED) is 0.909. The molecule has 1 aromatic heterocycles. The minimum atomic E-state index is -3.11. The molecule has 1 aliphatic carbocycles. The van der Waals surface area contributed by atoms with Gasteiger partial charge in [-0.2, -0.15) is 0 Å². The SMILES string of the molecule is O=S(=O)(NC1CCN(c2ccc(F)cn2)CC1)C1CC1. The average Bonchev–Trinajstić information content (AvgIpc) is 3.25. The predicted molar refractivity (Wildman–Crippen MR) is 74.5 cm³/mol. The Morgan fingerprint density at radius 1 is 1.20 bits per heavy atom. The Morgan fingerprint density at radius 2 is 1.90 bits per heavy atom. The van der Waals surface area contributed by atoms with Gasteiger partial charge in [0.25, 0.3) is 0 Å². The van der Waals surface area contributed by atoms with Crippen LogP contribution in [0.2, 0.25) is 0 Å². The van der Waals surface area contributed by atoms with Crippen molar-refractivity contribution < 1.29 is 12.8 Å². The lowest BCUT2D eigenvalue weighted by Crippen LogP contribution is -2.45. The van der Waals surface area contributed by atoms with Crippen LogP contribution >= 0.6 is 0 Å². The molecule has 5 nitrogen and oxygen atoms in total. The minimum Gasteiger partial charge on any atom is -0.357 e. The topological polar surface area (TPSA) is 62.3 Å². The summed E-state index contributed by atoms with van der Waals surface area (Å²) in [5.41, 5.74) is 0. The van der Waals surface area contributed by atoms with Crippen LogP contribution < -0.4 is 9.62 Å². The Balaban J connectivity index is 1.55. The maximum Gasteiger partial charge on any atom is 0.214 e. The highest BCUT2D eigenvalue weighted by Gasteiger charge is 2.37. The standard InChI is InChI=1S/C13H18FN3O2S/c14-10-1-4-13(15-9-10)17-7-5-11(6-8-17)16-20(18,19)12-2-3-12/h1,4,9,11-12,16H,2-3,5-8H2. The zero-order valence-electron chi connectivity index (χ0n) is 11.1. The number of nitrogens with zero attached hydrogens (tertiary/aromatic N) is 2. The lowest BCUT2D eigenvalue weighted by Gasteiger charge is -2.33. The van der Waals surface area contributed by atoms with E-state index in [0.29, 0.717) is 0 Å². The van der Waals surface area contributed by atoms with Gasteiger partial charge in [0.1, 0.15) is 11.6 Å². The third-order valence-corrected chi connectivity index (χ3v) is 5.84. The number of hydrogen-bond donors (Lipinski definition) is 1. The van der Waals surface area contributed by atoms with Crippen LogP contribution in [-0.2, 0) is 10.0 Å². The van der Waals surface area contributed by atoms with Crippen molar-refractivity contribution in [3.05, 3.63) is 24.1 Å². The summed E-state index contributed by atoms with van der Waals surface area (Å²) in [6, 6.07) is 3.06. The van der Waals surface area contributed by atoms with Crippen LogP contribution in [0, 0.1) is 5.82 Å². The first-order valence-corrected chi connectivity index (χ1v) is 8.47. The van der Waals surface area contributed by atoms with E-state index in [1.165, 1.54) is 12.3 Å². The van der Waals surface area contributed by atoms with E-state index >= 15 is 0 Å². The lowest BCUT2D eigenvalue weighted by atomic mass is 10.1. The Hall–Kier alpha value is -1.21. The van der Waals surface area contributed by atoms with Crippen LogP contribution in [-0.4, -0.2) is 37.8 Å². The Kier molecular flexibility index (Phi) is 3.64. The summed E-state index contributed by atoms with van der Waals surface area (Å²) < 4.78 is 39.4. The van der Waals surface area contributed by atoms with Gasteiger partial charge in [0.2, 0.25) is 10.0 Å². The second kappa shape index (κ2) is 5.29. The smallest absolute Gasteiger partial charge is 0.214 e. The molecule has 0 atom stereocenters. The fourth-order valence-corrected chi connectivity index (χ4v) is 4.14. The van der Waals surface area contributed by atoms with E-state index in [1.54, 1.807) is 6.07 Å². The van der Waals surface area contributed by atoms with Crippen molar-refractivity contribution in [3.63, 3.8) is 0 Å².